The number of amides is 1. The standard InChI is InChI=1S/C18H23FN2O2/c19-16-6-2-1-5-15(16)7-8-17(22)21-12-9-18(23,14-21)13-20-10-3-4-11-20/h1-2,5-8,23H,3-4,9-14H2. The van der Waals surface area contributed by atoms with Gasteiger partial charge in [0.1, 0.15) is 5.82 Å². The fraction of sp³-hybridized carbons (Fsp3) is 0.500. The van der Waals surface area contributed by atoms with E-state index in [1.165, 1.54) is 31.1 Å². The lowest BCUT2D eigenvalue weighted by Crippen LogP contribution is -2.44. The lowest BCUT2D eigenvalue weighted by molar-refractivity contribution is -0.126. The van der Waals surface area contributed by atoms with Gasteiger partial charge in [-0.25, -0.2) is 4.39 Å². The van der Waals surface area contributed by atoms with Gasteiger partial charge in [0, 0.05) is 24.7 Å². The first kappa shape index (κ1) is 16.1. The first-order valence-electron chi connectivity index (χ1n) is 8.22. The van der Waals surface area contributed by atoms with Crippen LogP contribution < -0.4 is 0 Å². The lowest BCUT2D eigenvalue weighted by atomic mass is 10.0. The summed E-state index contributed by atoms with van der Waals surface area (Å²) in [4.78, 5) is 16.2. The highest BCUT2D eigenvalue weighted by molar-refractivity contribution is 5.92. The quantitative estimate of drug-likeness (QED) is 0.862. The third-order valence-corrected chi connectivity index (χ3v) is 4.67. The number of rotatable bonds is 4. The summed E-state index contributed by atoms with van der Waals surface area (Å²) in [6, 6.07) is 6.35. The molecule has 1 aromatic carbocycles. The van der Waals surface area contributed by atoms with Crippen molar-refractivity contribution >= 4 is 12.0 Å². The molecule has 0 saturated carbocycles. The Morgan fingerprint density at radius 2 is 2.00 bits per heavy atom. The average molecular weight is 318 g/mol. The molecule has 0 radical (unpaired) electrons. The van der Waals surface area contributed by atoms with E-state index >= 15 is 0 Å². The highest BCUT2D eigenvalue weighted by Crippen LogP contribution is 2.24. The topological polar surface area (TPSA) is 43.8 Å². The second-order valence-electron chi connectivity index (χ2n) is 6.57. The molecule has 1 atom stereocenters. The minimum absolute atomic E-state index is 0.175. The van der Waals surface area contributed by atoms with Crippen molar-refractivity contribution in [2.75, 3.05) is 32.7 Å². The fourth-order valence-electron chi connectivity index (χ4n) is 3.41. The molecule has 0 spiro atoms. The van der Waals surface area contributed by atoms with Crippen LogP contribution in [0, 0.1) is 5.82 Å². The molecule has 2 heterocycles. The van der Waals surface area contributed by atoms with Crippen LogP contribution in [-0.4, -0.2) is 59.1 Å². The summed E-state index contributed by atoms with van der Waals surface area (Å²) < 4.78 is 13.5. The van der Waals surface area contributed by atoms with Gasteiger partial charge in [0.05, 0.1) is 12.1 Å². The maximum Gasteiger partial charge on any atom is 0.246 e. The summed E-state index contributed by atoms with van der Waals surface area (Å²) in [5.41, 5.74) is -0.418. The largest absolute Gasteiger partial charge is 0.387 e. The number of hydrogen-bond acceptors (Lipinski definition) is 3. The first-order chi connectivity index (χ1) is 11.1. The predicted molar refractivity (Wildman–Crippen MR) is 87.3 cm³/mol. The Kier molecular flexibility index (Phi) is 4.78. The van der Waals surface area contributed by atoms with Crippen molar-refractivity contribution in [2.45, 2.75) is 24.9 Å². The summed E-state index contributed by atoms with van der Waals surface area (Å²) in [6.45, 7) is 3.59. The number of halogens is 1. The number of carbonyl (C=O) groups excluding carboxylic acids is 1. The van der Waals surface area contributed by atoms with Gasteiger partial charge in [0.15, 0.2) is 0 Å². The van der Waals surface area contributed by atoms with Crippen LogP contribution in [0.2, 0.25) is 0 Å². The molecule has 0 aromatic heterocycles. The summed E-state index contributed by atoms with van der Waals surface area (Å²) in [5, 5.41) is 10.7. The Morgan fingerprint density at radius 1 is 1.26 bits per heavy atom. The molecule has 124 valence electrons. The average Bonchev–Trinajstić information content (AvgIpc) is 3.16. The second kappa shape index (κ2) is 6.81. The minimum atomic E-state index is -0.814. The molecule has 2 fully saturated rings. The van der Waals surface area contributed by atoms with Crippen molar-refractivity contribution in [3.05, 3.63) is 41.7 Å². The molecule has 1 amide bonds. The number of carbonyl (C=O) groups is 1. The number of aliphatic hydroxyl groups is 1. The Labute approximate surface area is 136 Å². The summed E-state index contributed by atoms with van der Waals surface area (Å²) in [5.74, 6) is -0.519. The smallest absolute Gasteiger partial charge is 0.246 e. The molecule has 2 saturated heterocycles. The van der Waals surface area contributed by atoms with Crippen molar-refractivity contribution in [2.24, 2.45) is 0 Å². The number of β-amino-alcohol motifs (C(OH)–C–C–N with tert-alkyl or cyclic N) is 1. The maximum atomic E-state index is 13.5. The van der Waals surface area contributed by atoms with E-state index in [0.717, 1.165) is 13.1 Å². The number of likely N-dealkylation sites (tertiary alicyclic amines) is 2. The van der Waals surface area contributed by atoms with Crippen LogP contribution in [0.5, 0.6) is 0 Å². The van der Waals surface area contributed by atoms with Gasteiger partial charge in [-0.05, 0) is 44.5 Å². The molecule has 1 N–H and O–H groups in total. The van der Waals surface area contributed by atoms with E-state index in [9.17, 15) is 14.3 Å². The Morgan fingerprint density at radius 3 is 2.74 bits per heavy atom. The lowest BCUT2D eigenvalue weighted by Gasteiger charge is -2.28. The van der Waals surface area contributed by atoms with Crippen molar-refractivity contribution < 1.29 is 14.3 Å². The van der Waals surface area contributed by atoms with Crippen LogP contribution in [0.25, 0.3) is 6.08 Å². The summed E-state index contributed by atoms with van der Waals surface area (Å²) in [7, 11) is 0. The second-order valence-corrected chi connectivity index (χ2v) is 6.57. The first-order valence-corrected chi connectivity index (χ1v) is 8.22. The van der Waals surface area contributed by atoms with Crippen LogP contribution in [0.3, 0.4) is 0 Å². The molecule has 2 aliphatic heterocycles. The molecule has 1 unspecified atom stereocenters. The van der Waals surface area contributed by atoms with Gasteiger partial charge >= 0.3 is 0 Å². The van der Waals surface area contributed by atoms with Gasteiger partial charge in [0.2, 0.25) is 5.91 Å². The zero-order chi connectivity index (χ0) is 16.3. The molecular formula is C18H23FN2O2. The third kappa shape index (κ3) is 3.98. The predicted octanol–water partition coefficient (Wildman–Crippen LogP) is 1.90. The van der Waals surface area contributed by atoms with Gasteiger partial charge in [-0.15, -0.1) is 0 Å². The Bertz CT molecular complexity index is 598. The van der Waals surface area contributed by atoms with Gasteiger partial charge in [0.25, 0.3) is 0 Å². The number of hydrogen-bond donors (Lipinski definition) is 1. The zero-order valence-electron chi connectivity index (χ0n) is 13.2. The molecular weight excluding hydrogens is 295 g/mol. The van der Waals surface area contributed by atoms with E-state index in [1.54, 1.807) is 23.1 Å². The normalized spacial score (nSPS) is 25.6. The van der Waals surface area contributed by atoms with Crippen molar-refractivity contribution in [1.29, 1.82) is 0 Å². The number of nitrogens with zero attached hydrogens (tertiary/aromatic N) is 2. The Balaban J connectivity index is 1.57. The molecule has 4 nitrogen and oxygen atoms in total. The molecule has 0 bridgehead atoms. The van der Waals surface area contributed by atoms with Crippen molar-refractivity contribution in [3.63, 3.8) is 0 Å². The molecule has 2 aliphatic rings. The van der Waals surface area contributed by atoms with Crippen LogP contribution in [-0.2, 0) is 4.79 Å². The highest BCUT2D eigenvalue weighted by atomic mass is 19.1. The van der Waals surface area contributed by atoms with Gasteiger partial charge in [-0.1, -0.05) is 18.2 Å². The van der Waals surface area contributed by atoms with Crippen LogP contribution in [0.15, 0.2) is 30.3 Å². The van der Waals surface area contributed by atoms with Gasteiger partial charge < -0.3 is 14.9 Å². The van der Waals surface area contributed by atoms with Crippen LogP contribution in [0.4, 0.5) is 4.39 Å². The van der Waals surface area contributed by atoms with E-state index in [-0.39, 0.29) is 11.7 Å². The minimum Gasteiger partial charge on any atom is -0.387 e. The van der Waals surface area contributed by atoms with Gasteiger partial charge in [-0.2, -0.15) is 0 Å². The molecule has 3 rings (SSSR count). The fourth-order valence-corrected chi connectivity index (χ4v) is 3.41. The monoisotopic (exact) mass is 318 g/mol. The highest BCUT2D eigenvalue weighted by Gasteiger charge is 2.39. The summed E-state index contributed by atoms with van der Waals surface area (Å²) >= 11 is 0. The van der Waals surface area contributed by atoms with E-state index in [0.29, 0.717) is 31.6 Å². The molecule has 23 heavy (non-hydrogen) atoms. The van der Waals surface area contributed by atoms with Gasteiger partial charge in [-0.3, -0.25) is 4.79 Å². The van der Waals surface area contributed by atoms with E-state index in [1.807, 2.05) is 0 Å². The SMILES string of the molecule is O=C(C=Cc1ccccc1F)N1CCC(O)(CN2CCCC2)C1. The molecule has 5 heteroatoms. The summed E-state index contributed by atoms with van der Waals surface area (Å²) in [6.07, 6.45) is 5.85. The van der Waals surface area contributed by atoms with Crippen LogP contribution in [0.1, 0.15) is 24.8 Å². The number of benzene rings is 1. The van der Waals surface area contributed by atoms with E-state index < -0.39 is 5.60 Å². The van der Waals surface area contributed by atoms with Crippen molar-refractivity contribution in [3.8, 4) is 0 Å². The molecule has 1 aromatic rings. The van der Waals surface area contributed by atoms with E-state index in [4.69, 9.17) is 0 Å². The molecule has 0 aliphatic carbocycles. The third-order valence-electron chi connectivity index (χ3n) is 4.67. The van der Waals surface area contributed by atoms with E-state index in [2.05, 4.69) is 4.90 Å². The maximum absolute atomic E-state index is 13.5. The zero-order valence-corrected chi connectivity index (χ0v) is 13.2. The van der Waals surface area contributed by atoms with Crippen molar-refractivity contribution in [1.82, 2.24) is 9.80 Å². The van der Waals surface area contributed by atoms with Crippen LogP contribution >= 0.6 is 0 Å². The Hall–Kier alpha value is -1.72.